The molecule has 0 unspecified atom stereocenters. The third kappa shape index (κ3) is 2.49. The molecule has 106 valence electrons. The summed E-state index contributed by atoms with van der Waals surface area (Å²) in [5.74, 6) is -0.298. The molecule has 1 heterocycles. The van der Waals surface area contributed by atoms with E-state index in [1.165, 1.54) is 23.7 Å². The van der Waals surface area contributed by atoms with Crippen LogP contribution in [0.5, 0.6) is 0 Å². The Balaban J connectivity index is 2.31. The minimum atomic E-state index is -0.384. The molecule has 1 aromatic heterocycles. The summed E-state index contributed by atoms with van der Waals surface area (Å²) in [5, 5.41) is 3.04. The third-order valence-electron chi connectivity index (χ3n) is 3.35. The lowest BCUT2D eigenvalue weighted by Crippen LogP contribution is -2.38. The molecule has 5 nitrogen and oxygen atoms in total. The van der Waals surface area contributed by atoms with Crippen molar-refractivity contribution < 1.29 is 4.39 Å². The summed E-state index contributed by atoms with van der Waals surface area (Å²) >= 11 is 0. The molecule has 0 radical (unpaired) electrons. The van der Waals surface area contributed by atoms with Gasteiger partial charge in [0.15, 0.2) is 0 Å². The molecule has 0 atom stereocenters. The highest BCUT2D eigenvalue weighted by molar-refractivity contribution is 5.51. The fourth-order valence-electron chi connectivity index (χ4n) is 1.93. The summed E-state index contributed by atoms with van der Waals surface area (Å²) in [5.41, 5.74) is 0.937. The predicted molar refractivity (Wildman–Crippen MR) is 75.4 cm³/mol. The van der Waals surface area contributed by atoms with Gasteiger partial charge in [0, 0.05) is 37.1 Å². The quantitative estimate of drug-likeness (QED) is 0.915. The van der Waals surface area contributed by atoms with Gasteiger partial charge in [0.1, 0.15) is 5.82 Å². The number of anilines is 1. The van der Waals surface area contributed by atoms with E-state index in [-0.39, 0.29) is 23.6 Å². The van der Waals surface area contributed by atoms with Crippen LogP contribution in [0.15, 0.2) is 33.9 Å². The van der Waals surface area contributed by atoms with Crippen molar-refractivity contribution in [3.63, 3.8) is 0 Å². The maximum atomic E-state index is 13.4. The highest BCUT2D eigenvalue weighted by Crippen LogP contribution is 2.17. The van der Waals surface area contributed by atoms with E-state index in [9.17, 15) is 14.0 Å². The van der Waals surface area contributed by atoms with Gasteiger partial charge >= 0.3 is 5.69 Å². The van der Waals surface area contributed by atoms with Crippen molar-refractivity contribution in [2.24, 2.45) is 14.1 Å². The van der Waals surface area contributed by atoms with E-state index < -0.39 is 0 Å². The van der Waals surface area contributed by atoms with Crippen LogP contribution < -0.4 is 16.6 Å². The first-order valence-electron chi connectivity index (χ1n) is 6.16. The van der Waals surface area contributed by atoms with Crippen LogP contribution >= 0.6 is 0 Å². The van der Waals surface area contributed by atoms with Crippen molar-refractivity contribution in [1.29, 1.82) is 0 Å². The maximum absolute atomic E-state index is 13.4. The fourth-order valence-corrected chi connectivity index (χ4v) is 1.93. The lowest BCUT2D eigenvalue weighted by atomic mass is 10.2. The topological polar surface area (TPSA) is 56.0 Å². The number of hydrogen-bond acceptors (Lipinski definition) is 3. The summed E-state index contributed by atoms with van der Waals surface area (Å²) in [4.78, 5) is 23.4. The van der Waals surface area contributed by atoms with Gasteiger partial charge in [0.2, 0.25) is 0 Å². The molecule has 2 rings (SSSR count). The Morgan fingerprint density at radius 1 is 1.20 bits per heavy atom. The Labute approximate surface area is 115 Å². The number of nitrogens with one attached hydrogen (secondary N) is 1. The molecular weight excluding hydrogens is 261 g/mol. The van der Waals surface area contributed by atoms with Crippen LogP contribution in [0.25, 0.3) is 0 Å². The van der Waals surface area contributed by atoms with Gasteiger partial charge < -0.3 is 5.32 Å². The van der Waals surface area contributed by atoms with E-state index in [0.717, 1.165) is 4.57 Å². The second-order valence-electron chi connectivity index (χ2n) is 4.64. The lowest BCUT2D eigenvalue weighted by Gasteiger charge is -2.13. The average molecular weight is 277 g/mol. The first kappa shape index (κ1) is 14.0. The maximum Gasteiger partial charge on any atom is 0.330 e. The van der Waals surface area contributed by atoms with Crippen LogP contribution in [0.3, 0.4) is 0 Å². The van der Waals surface area contributed by atoms with Crippen molar-refractivity contribution in [2.75, 3.05) is 5.32 Å². The number of aromatic nitrogens is 2. The molecule has 0 aliphatic heterocycles. The van der Waals surface area contributed by atoms with Crippen molar-refractivity contribution in [3.05, 3.63) is 62.2 Å². The minimum Gasteiger partial charge on any atom is -0.379 e. The van der Waals surface area contributed by atoms with E-state index in [1.807, 2.05) is 0 Å². The zero-order valence-corrected chi connectivity index (χ0v) is 11.6. The number of rotatable bonds is 3. The van der Waals surface area contributed by atoms with Crippen LogP contribution in [-0.4, -0.2) is 9.13 Å². The summed E-state index contributed by atoms with van der Waals surface area (Å²) < 4.78 is 15.8. The van der Waals surface area contributed by atoms with Crippen LogP contribution in [0, 0.1) is 12.7 Å². The van der Waals surface area contributed by atoms with Gasteiger partial charge in [0.05, 0.1) is 6.54 Å². The molecule has 0 spiro atoms. The molecule has 0 aliphatic carbocycles. The van der Waals surface area contributed by atoms with Gasteiger partial charge in [-0.05, 0) is 19.1 Å². The van der Waals surface area contributed by atoms with E-state index in [4.69, 9.17) is 0 Å². The Bertz CT molecular complexity index is 762. The van der Waals surface area contributed by atoms with Crippen molar-refractivity contribution in [3.8, 4) is 0 Å². The summed E-state index contributed by atoms with van der Waals surface area (Å²) in [7, 11) is 3.02. The van der Waals surface area contributed by atoms with Gasteiger partial charge in [-0.15, -0.1) is 0 Å². The van der Waals surface area contributed by atoms with E-state index in [0.29, 0.717) is 16.9 Å². The Hall–Kier alpha value is -2.37. The Morgan fingerprint density at radius 3 is 2.60 bits per heavy atom. The average Bonchev–Trinajstić information content (AvgIpc) is 2.43. The molecule has 6 heteroatoms. The third-order valence-corrected chi connectivity index (χ3v) is 3.35. The molecule has 20 heavy (non-hydrogen) atoms. The molecule has 0 amide bonds. The predicted octanol–water partition coefficient (Wildman–Crippen LogP) is 1.14. The zero-order valence-electron chi connectivity index (χ0n) is 11.6. The highest BCUT2D eigenvalue weighted by atomic mass is 19.1. The van der Waals surface area contributed by atoms with Crippen LogP contribution in [0.4, 0.5) is 10.1 Å². The van der Waals surface area contributed by atoms with Crippen LogP contribution in [-0.2, 0) is 20.6 Å². The first-order valence-corrected chi connectivity index (χ1v) is 6.16. The Kier molecular flexibility index (Phi) is 3.74. The molecule has 1 N–H and O–H groups in total. The van der Waals surface area contributed by atoms with E-state index in [2.05, 4.69) is 5.32 Å². The lowest BCUT2D eigenvalue weighted by molar-refractivity contribution is 0.618. The largest absolute Gasteiger partial charge is 0.379 e. The van der Waals surface area contributed by atoms with Gasteiger partial charge in [-0.3, -0.25) is 13.9 Å². The number of hydrogen-bond donors (Lipinski definition) is 1. The molecule has 0 saturated heterocycles. The second-order valence-corrected chi connectivity index (χ2v) is 4.64. The zero-order chi connectivity index (χ0) is 14.9. The minimum absolute atomic E-state index is 0.270. The standard InChI is InChI=1S/C14H16FN3O2/c1-9-11(15)5-4-6-12(9)16-8-10-7-13(19)18(3)14(20)17(10)2/h4-7,16H,8H2,1-3H3. The molecular formula is C14H16FN3O2. The van der Waals surface area contributed by atoms with E-state index >= 15 is 0 Å². The molecule has 0 saturated carbocycles. The van der Waals surface area contributed by atoms with Gasteiger partial charge in [-0.25, -0.2) is 9.18 Å². The van der Waals surface area contributed by atoms with Crippen LogP contribution in [0.1, 0.15) is 11.3 Å². The fraction of sp³-hybridized carbons (Fsp3) is 0.286. The Morgan fingerprint density at radius 2 is 1.90 bits per heavy atom. The first-order chi connectivity index (χ1) is 9.41. The van der Waals surface area contributed by atoms with Crippen molar-refractivity contribution in [1.82, 2.24) is 9.13 Å². The van der Waals surface area contributed by atoms with Crippen molar-refractivity contribution in [2.45, 2.75) is 13.5 Å². The molecule has 0 bridgehead atoms. The summed E-state index contributed by atoms with van der Waals surface area (Å²) in [6.07, 6.45) is 0. The number of halogens is 1. The summed E-state index contributed by atoms with van der Waals surface area (Å²) in [6, 6.07) is 6.13. The van der Waals surface area contributed by atoms with Gasteiger partial charge in [-0.1, -0.05) is 6.07 Å². The second kappa shape index (κ2) is 5.32. The number of benzene rings is 1. The van der Waals surface area contributed by atoms with E-state index in [1.54, 1.807) is 26.1 Å². The SMILES string of the molecule is Cc1c(F)cccc1NCc1cc(=O)n(C)c(=O)n1C. The molecule has 0 aliphatic rings. The normalized spacial score (nSPS) is 10.6. The molecule has 1 aromatic carbocycles. The summed E-state index contributed by atoms with van der Waals surface area (Å²) in [6.45, 7) is 1.94. The molecule has 0 fully saturated rings. The molecule has 2 aromatic rings. The van der Waals surface area contributed by atoms with Crippen LogP contribution in [0.2, 0.25) is 0 Å². The highest BCUT2D eigenvalue weighted by Gasteiger charge is 2.07. The van der Waals surface area contributed by atoms with Gasteiger partial charge in [0.25, 0.3) is 5.56 Å². The monoisotopic (exact) mass is 277 g/mol. The number of nitrogens with zero attached hydrogens (tertiary/aromatic N) is 2. The van der Waals surface area contributed by atoms with Crippen molar-refractivity contribution >= 4 is 5.69 Å². The van der Waals surface area contributed by atoms with Gasteiger partial charge in [-0.2, -0.15) is 0 Å². The smallest absolute Gasteiger partial charge is 0.330 e.